The van der Waals surface area contributed by atoms with Gasteiger partial charge in [0.15, 0.2) is 0 Å². The summed E-state index contributed by atoms with van der Waals surface area (Å²) < 4.78 is 0. The van der Waals surface area contributed by atoms with E-state index in [9.17, 15) is 4.79 Å². The van der Waals surface area contributed by atoms with Gasteiger partial charge in [-0.1, -0.05) is 12.1 Å². The van der Waals surface area contributed by atoms with Gasteiger partial charge in [-0.2, -0.15) is 0 Å². The van der Waals surface area contributed by atoms with E-state index in [4.69, 9.17) is 10.2 Å². The third-order valence-electron chi connectivity index (χ3n) is 1.13. The minimum Gasteiger partial charge on any atom is -0.507 e. The van der Waals surface area contributed by atoms with Gasteiger partial charge in [0.05, 0.1) is 0 Å². The molecule has 0 aliphatic rings. The minimum atomic E-state index is -1.11. The summed E-state index contributed by atoms with van der Waals surface area (Å²) in [4.78, 5) is 10.3. The number of phenols is 1. The molecule has 1 aromatic rings. The fourth-order valence-electron chi connectivity index (χ4n) is 0.654. The summed E-state index contributed by atoms with van der Waals surface area (Å²) in [5.41, 5.74) is -0.0671. The molecule has 0 saturated carbocycles. The van der Waals surface area contributed by atoms with Crippen LogP contribution in [0, 0.1) is 0 Å². The Labute approximate surface area is 74.1 Å². The first kappa shape index (κ1) is 10.0. The smallest absolute Gasteiger partial charge is 0.339 e. The zero-order valence-electron chi connectivity index (χ0n) is 5.52. The molecule has 0 heterocycles. The summed E-state index contributed by atoms with van der Waals surface area (Å²) in [6.45, 7) is 0. The Balaban J connectivity index is 0.000001000. The van der Waals surface area contributed by atoms with Gasteiger partial charge in [0.2, 0.25) is 0 Å². The number of carboxylic acids is 1. The third-order valence-corrected chi connectivity index (χ3v) is 1.13. The van der Waals surface area contributed by atoms with Gasteiger partial charge in [-0.05, 0) is 12.1 Å². The molecule has 2 N–H and O–H groups in total. The summed E-state index contributed by atoms with van der Waals surface area (Å²) in [7, 11) is 0. The average molecular weight is 217 g/mol. The molecule has 0 saturated heterocycles. The Morgan fingerprint density at radius 3 is 2.18 bits per heavy atom. The van der Waals surface area contributed by atoms with Gasteiger partial charge in [-0.25, -0.2) is 4.79 Å². The normalized spacial score (nSPS) is 8.36. The van der Waals surface area contributed by atoms with Crippen LogP contribution in [0.5, 0.6) is 5.75 Å². The molecule has 0 aliphatic carbocycles. The molecule has 58 valence electrons. The molecular weight excluding hydrogens is 211 g/mol. The Kier molecular flexibility index (Phi) is 3.65. The molecule has 1 aromatic carbocycles. The van der Waals surface area contributed by atoms with Gasteiger partial charge in [0.25, 0.3) is 0 Å². The van der Waals surface area contributed by atoms with Crippen LogP contribution in [-0.2, 0) is 0 Å². The molecule has 4 heteroatoms. The Morgan fingerprint density at radius 1 is 1.27 bits per heavy atom. The number of hydrogen-bond acceptors (Lipinski definition) is 2. The maximum absolute atomic E-state index is 10.3. The molecule has 2 radical (unpaired) electrons. The van der Waals surface area contributed by atoms with Gasteiger partial charge in [-0.15, -0.1) is 0 Å². The summed E-state index contributed by atoms with van der Waals surface area (Å²) in [6, 6.07) is 5.81. The van der Waals surface area contributed by atoms with Crippen LogP contribution >= 0.6 is 0 Å². The predicted octanol–water partition coefficient (Wildman–Crippen LogP) is 0.710. The summed E-state index contributed by atoms with van der Waals surface area (Å²) >= 11 is 0. The molecule has 3 nitrogen and oxygen atoms in total. The maximum Gasteiger partial charge on any atom is 0.339 e. The van der Waals surface area contributed by atoms with Crippen molar-refractivity contribution in [2.45, 2.75) is 0 Å². The first-order chi connectivity index (χ1) is 4.72. The molecule has 0 amide bonds. The van der Waals surface area contributed by atoms with Crippen LogP contribution < -0.4 is 0 Å². The quantitative estimate of drug-likeness (QED) is 0.681. The van der Waals surface area contributed by atoms with Crippen molar-refractivity contribution in [3.63, 3.8) is 0 Å². The fraction of sp³-hybridized carbons (Fsp3) is 0. The van der Waals surface area contributed by atoms with Gasteiger partial charge in [-0.3, -0.25) is 0 Å². The van der Waals surface area contributed by atoms with E-state index in [1.807, 2.05) is 0 Å². The monoisotopic (exact) mass is 218 g/mol. The number of aromatic hydroxyl groups is 1. The van der Waals surface area contributed by atoms with E-state index in [-0.39, 0.29) is 28.4 Å². The minimum absolute atomic E-state index is 0. The van der Waals surface area contributed by atoms with Crippen LogP contribution in [0.25, 0.3) is 0 Å². The molecule has 1 rings (SSSR count). The second kappa shape index (κ2) is 4.01. The van der Waals surface area contributed by atoms with Crippen molar-refractivity contribution in [1.82, 2.24) is 0 Å². The van der Waals surface area contributed by atoms with E-state index in [1.165, 1.54) is 12.1 Å². The average Bonchev–Trinajstić information content (AvgIpc) is 1.88. The van der Waals surface area contributed by atoms with E-state index >= 15 is 0 Å². The van der Waals surface area contributed by atoms with Gasteiger partial charge < -0.3 is 10.2 Å². The van der Waals surface area contributed by atoms with Crippen LogP contribution in [0.15, 0.2) is 24.3 Å². The molecule has 11 heavy (non-hydrogen) atoms. The second-order valence-corrected chi connectivity index (χ2v) is 1.82. The van der Waals surface area contributed by atoms with Gasteiger partial charge in [0.1, 0.15) is 11.3 Å². The number of para-hydroxylation sites is 1. The standard InChI is InChI=1S/C7H6O3.Se/c8-6-4-2-1-3-5(6)7(9)10;/h1-4,8H,(H,9,10);. The predicted molar refractivity (Wildman–Crippen MR) is 40.8 cm³/mol. The van der Waals surface area contributed by atoms with Crippen molar-refractivity contribution in [2.24, 2.45) is 0 Å². The van der Waals surface area contributed by atoms with Crippen molar-refractivity contribution in [3.8, 4) is 5.75 Å². The largest absolute Gasteiger partial charge is 0.507 e. The molecule has 0 atom stereocenters. The van der Waals surface area contributed by atoms with Gasteiger partial charge >= 0.3 is 5.97 Å². The van der Waals surface area contributed by atoms with E-state index in [2.05, 4.69) is 0 Å². The summed E-state index contributed by atoms with van der Waals surface area (Å²) in [5.74, 6) is -1.31. The van der Waals surface area contributed by atoms with Crippen molar-refractivity contribution in [1.29, 1.82) is 0 Å². The number of hydrogen-bond donors (Lipinski definition) is 2. The molecule has 0 aromatic heterocycles. The number of carbonyl (C=O) groups is 1. The third kappa shape index (κ3) is 2.26. The molecule has 0 bridgehead atoms. The van der Waals surface area contributed by atoms with Crippen molar-refractivity contribution in [3.05, 3.63) is 29.8 Å². The fourth-order valence-corrected chi connectivity index (χ4v) is 0.654. The Morgan fingerprint density at radius 2 is 1.82 bits per heavy atom. The van der Waals surface area contributed by atoms with Crippen LogP contribution in [0.3, 0.4) is 0 Å². The summed E-state index contributed by atoms with van der Waals surface area (Å²) in [5, 5.41) is 17.3. The maximum atomic E-state index is 10.3. The first-order valence-corrected chi connectivity index (χ1v) is 2.73. The zero-order valence-corrected chi connectivity index (χ0v) is 7.23. The van der Waals surface area contributed by atoms with Gasteiger partial charge in [0, 0.05) is 17.1 Å². The Hall–Kier alpha value is -0.991. The van der Waals surface area contributed by atoms with E-state index in [0.29, 0.717) is 0 Å². The van der Waals surface area contributed by atoms with E-state index in [1.54, 1.807) is 12.1 Å². The Bertz CT molecular complexity index is 260. The molecule has 0 fully saturated rings. The van der Waals surface area contributed by atoms with Crippen molar-refractivity contribution >= 4 is 23.0 Å². The topological polar surface area (TPSA) is 57.5 Å². The van der Waals surface area contributed by atoms with Crippen molar-refractivity contribution in [2.75, 3.05) is 0 Å². The molecular formula is C7H6O3Se. The van der Waals surface area contributed by atoms with E-state index in [0.717, 1.165) is 0 Å². The summed E-state index contributed by atoms with van der Waals surface area (Å²) in [6.07, 6.45) is 0. The SMILES string of the molecule is O=C(O)c1ccccc1O.[Se]. The molecule has 0 aliphatic heterocycles. The molecule has 0 unspecified atom stereocenters. The number of aromatic carboxylic acids is 1. The second-order valence-electron chi connectivity index (χ2n) is 1.82. The van der Waals surface area contributed by atoms with Crippen LogP contribution in [0.1, 0.15) is 10.4 Å². The van der Waals surface area contributed by atoms with E-state index < -0.39 is 5.97 Å². The van der Waals surface area contributed by atoms with Crippen LogP contribution in [0.4, 0.5) is 0 Å². The molecule has 0 spiro atoms. The first-order valence-electron chi connectivity index (χ1n) is 2.73. The van der Waals surface area contributed by atoms with Crippen LogP contribution in [-0.4, -0.2) is 33.3 Å². The van der Waals surface area contributed by atoms with Crippen LogP contribution in [0.2, 0.25) is 0 Å². The number of carboxylic acid groups (broad SMARTS) is 1. The number of rotatable bonds is 1. The number of benzene rings is 1. The zero-order chi connectivity index (χ0) is 7.56. The van der Waals surface area contributed by atoms with Crippen molar-refractivity contribution < 1.29 is 15.0 Å².